The molecule has 0 bridgehead atoms. The van der Waals surface area contributed by atoms with Gasteiger partial charge in [0.25, 0.3) is 0 Å². The third kappa shape index (κ3) is 3.79. The Kier molecular flexibility index (Phi) is 4.95. The lowest BCUT2D eigenvalue weighted by Crippen LogP contribution is -2.21. The topological polar surface area (TPSA) is 59.9 Å². The number of ether oxygens (including phenoxy) is 1. The van der Waals surface area contributed by atoms with Crippen molar-refractivity contribution in [2.45, 2.75) is 33.0 Å². The second kappa shape index (κ2) is 6.70. The molecule has 2 aromatic heterocycles. The van der Waals surface area contributed by atoms with Gasteiger partial charge in [-0.2, -0.15) is 0 Å². The zero-order valence-electron chi connectivity index (χ0n) is 11.4. The molecule has 0 aromatic carbocycles. The summed E-state index contributed by atoms with van der Waals surface area (Å²) in [5.41, 5.74) is 0.961. The van der Waals surface area contributed by atoms with Gasteiger partial charge in [0, 0.05) is 37.0 Å². The molecular formula is C13H18N4OS. The van der Waals surface area contributed by atoms with Crippen molar-refractivity contribution in [1.82, 2.24) is 20.3 Å². The molecule has 102 valence electrons. The normalized spacial score (nSPS) is 11.2. The largest absolute Gasteiger partial charge is 0.378 e. The van der Waals surface area contributed by atoms with E-state index in [1.807, 2.05) is 0 Å². The van der Waals surface area contributed by atoms with Crippen molar-refractivity contribution in [3.8, 4) is 10.8 Å². The van der Waals surface area contributed by atoms with E-state index in [0.29, 0.717) is 18.5 Å². The highest BCUT2D eigenvalue weighted by Crippen LogP contribution is 2.26. The van der Waals surface area contributed by atoms with Crippen molar-refractivity contribution in [1.29, 1.82) is 0 Å². The number of aromatic nitrogens is 3. The van der Waals surface area contributed by atoms with E-state index in [-0.39, 0.29) is 0 Å². The first-order valence-electron chi connectivity index (χ1n) is 6.19. The highest BCUT2D eigenvalue weighted by Gasteiger charge is 2.14. The molecule has 5 nitrogen and oxygen atoms in total. The van der Waals surface area contributed by atoms with E-state index in [1.165, 1.54) is 4.88 Å². The van der Waals surface area contributed by atoms with Crippen LogP contribution in [-0.4, -0.2) is 28.1 Å². The van der Waals surface area contributed by atoms with Crippen LogP contribution in [0, 0.1) is 0 Å². The minimum Gasteiger partial charge on any atom is -0.378 e. The van der Waals surface area contributed by atoms with Gasteiger partial charge in [-0.3, -0.25) is 0 Å². The number of nitrogens with zero attached hydrogens (tertiary/aromatic N) is 3. The Hall–Kier alpha value is -1.37. The highest BCUT2D eigenvalue weighted by atomic mass is 32.1. The molecule has 6 heteroatoms. The van der Waals surface area contributed by atoms with Crippen LogP contribution in [-0.2, 0) is 17.9 Å². The van der Waals surface area contributed by atoms with Crippen molar-refractivity contribution < 1.29 is 4.74 Å². The summed E-state index contributed by atoms with van der Waals surface area (Å²) in [6.07, 6.45) is 3.46. The lowest BCUT2D eigenvalue weighted by atomic mass is 10.3. The van der Waals surface area contributed by atoms with E-state index in [9.17, 15) is 0 Å². The summed E-state index contributed by atoms with van der Waals surface area (Å²) in [6.45, 7) is 5.55. The van der Waals surface area contributed by atoms with Gasteiger partial charge >= 0.3 is 0 Å². The van der Waals surface area contributed by atoms with Crippen molar-refractivity contribution in [2.75, 3.05) is 7.11 Å². The maximum absolute atomic E-state index is 5.20. The molecule has 0 spiro atoms. The molecule has 0 unspecified atom stereocenters. The molecule has 0 atom stereocenters. The van der Waals surface area contributed by atoms with Crippen molar-refractivity contribution in [2.24, 2.45) is 0 Å². The number of hydrogen-bond acceptors (Lipinski definition) is 6. The SMILES string of the molecule is COCc1nc(-c2ncccn2)sc1CNC(C)C. The lowest BCUT2D eigenvalue weighted by molar-refractivity contribution is 0.181. The second-order valence-corrected chi connectivity index (χ2v) is 5.51. The summed E-state index contributed by atoms with van der Waals surface area (Å²) < 4.78 is 5.20. The highest BCUT2D eigenvalue weighted by molar-refractivity contribution is 7.15. The molecule has 19 heavy (non-hydrogen) atoms. The van der Waals surface area contributed by atoms with Gasteiger partial charge < -0.3 is 10.1 Å². The van der Waals surface area contributed by atoms with Crippen LogP contribution in [0.4, 0.5) is 0 Å². The van der Waals surface area contributed by atoms with Gasteiger partial charge in [0.15, 0.2) is 10.8 Å². The van der Waals surface area contributed by atoms with Gasteiger partial charge in [0.1, 0.15) is 0 Å². The van der Waals surface area contributed by atoms with Gasteiger partial charge in [0.05, 0.1) is 12.3 Å². The summed E-state index contributed by atoms with van der Waals surface area (Å²) in [6, 6.07) is 2.24. The molecule has 0 aliphatic heterocycles. The van der Waals surface area contributed by atoms with Crippen LogP contribution < -0.4 is 5.32 Å². The summed E-state index contributed by atoms with van der Waals surface area (Å²) in [4.78, 5) is 14.2. The van der Waals surface area contributed by atoms with Crippen LogP contribution in [0.2, 0.25) is 0 Å². The summed E-state index contributed by atoms with van der Waals surface area (Å²) in [5.74, 6) is 0.667. The monoisotopic (exact) mass is 278 g/mol. The van der Waals surface area contributed by atoms with Crippen LogP contribution in [0.15, 0.2) is 18.5 Å². The van der Waals surface area contributed by atoms with Crippen LogP contribution in [0.1, 0.15) is 24.4 Å². The summed E-state index contributed by atoms with van der Waals surface area (Å²) >= 11 is 1.62. The van der Waals surface area contributed by atoms with E-state index in [1.54, 1.807) is 36.9 Å². The Morgan fingerprint density at radius 1 is 1.32 bits per heavy atom. The van der Waals surface area contributed by atoms with E-state index >= 15 is 0 Å². The van der Waals surface area contributed by atoms with Crippen LogP contribution in [0.3, 0.4) is 0 Å². The van der Waals surface area contributed by atoms with E-state index < -0.39 is 0 Å². The molecule has 0 aliphatic rings. The molecule has 2 aromatic rings. The molecular weight excluding hydrogens is 260 g/mol. The predicted octanol–water partition coefficient (Wildman–Crippen LogP) is 2.24. The maximum Gasteiger partial charge on any atom is 0.188 e. The van der Waals surface area contributed by atoms with Crippen LogP contribution in [0.25, 0.3) is 10.8 Å². The molecule has 2 heterocycles. The fourth-order valence-corrected chi connectivity index (χ4v) is 2.54. The third-order valence-corrected chi connectivity index (χ3v) is 3.58. The average Bonchev–Trinajstić information content (AvgIpc) is 2.81. The number of rotatable bonds is 6. The third-order valence-electron chi connectivity index (χ3n) is 2.49. The minimum atomic E-state index is 0.439. The van der Waals surface area contributed by atoms with Gasteiger partial charge in [-0.15, -0.1) is 11.3 Å². The summed E-state index contributed by atoms with van der Waals surface area (Å²) in [5, 5.41) is 4.24. The van der Waals surface area contributed by atoms with Crippen LogP contribution in [0.5, 0.6) is 0 Å². The molecule has 0 radical (unpaired) electrons. The first-order valence-corrected chi connectivity index (χ1v) is 7.00. The number of nitrogens with one attached hydrogen (secondary N) is 1. The predicted molar refractivity (Wildman–Crippen MR) is 75.8 cm³/mol. The first-order chi connectivity index (χ1) is 9.20. The molecule has 0 aliphatic carbocycles. The Balaban J connectivity index is 2.24. The molecule has 1 N–H and O–H groups in total. The molecule has 0 saturated carbocycles. The molecule has 0 fully saturated rings. The van der Waals surface area contributed by atoms with Crippen molar-refractivity contribution in [3.63, 3.8) is 0 Å². The maximum atomic E-state index is 5.20. The van der Waals surface area contributed by atoms with Gasteiger partial charge in [-0.05, 0) is 6.07 Å². The van der Waals surface area contributed by atoms with Crippen LogP contribution >= 0.6 is 11.3 Å². The number of thiazole rings is 1. The number of hydrogen-bond donors (Lipinski definition) is 1. The molecule has 0 amide bonds. The molecule has 2 rings (SSSR count). The van der Waals surface area contributed by atoms with Gasteiger partial charge in [-0.25, -0.2) is 15.0 Å². The van der Waals surface area contributed by atoms with E-state index in [0.717, 1.165) is 17.2 Å². The zero-order valence-corrected chi connectivity index (χ0v) is 12.2. The van der Waals surface area contributed by atoms with Gasteiger partial charge in [-0.1, -0.05) is 13.8 Å². The Morgan fingerprint density at radius 2 is 2.05 bits per heavy atom. The minimum absolute atomic E-state index is 0.439. The first kappa shape index (κ1) is 14.0. The average molecular weight is 278 g/mol. The standard InChI is InChI=1S/C13H18N4OS/c1-9(2)16-7-11-10(8-18-3)17-13(19-11)12-14-5-4-6-15-12/h4-6,9,16H,7-8H2,1-3H3. The lowest BCUT2D eigenvalue weighted by Gasteiger charge is -2.07. The van der Waals surface area contributed by atoms with E-state index in [4.69, 9.17) is 4.74 Å². The number of methoxy groups -OCH3 is 1. The summed E-state index contributed by atoms with van der Waals surface area (Å²) in [7, 11) is 1.68. The fraction of sp³-hybridized carbons (Fsp3) is 0.462. The Labute approximate surface area is 117 Å². The Morgan fingerprint density at radius 3 is 2.68 bits per heavy atom. The van der Waals surface area contributed by atoms with Crippen molar-refractivity contribution in [3.05, 3.63) is 29.0 Å². The Bertz CT molecular complexity index is 513. The van der Waals surface area contributed by atoms with Crippen molar-refractivity contribution >= 4 is 11.3 Å². The smallest absolute Gasteiger partial charge is 0.188 e. The van der Waals surface area contributed by atoms with Gasteiger partial charge in [0.2, 0.25) is 0 Å². The van der Waals surface area contributed by atoms with E-state index in [2.05, 4.69) is 34.1 Å². The second-order valence-electron chi connectivity index (χ2n) is 4.43. The fourth-order valence-electron chi connectivity index (χ4n) is 1.57. The zero-order chi connectivity index (χ0) is 13.7. The molecule has 0 saturated heterocycles. The quantitative estimate of drug-likeness (QED) is 0.878.